The lowest BCUT2D eigenvalue weighted by Gasteiger charge is -2.17. The molecule has 0 spiro atoms. The van der Waals surface area contributed by atoms with Crippen LogP contribution >= 0.6 is 31.9 Å². The third-order valence-corrected chi connectivity index (χ3v) is 3.75. The zero-order valence-electron chi connectivity index (χ0n) is 6.66. The second kappa shape index (κ2) is 5.59. The fourth-order valence-electron chi connectivity index (χ4n) is 0.775. The monoisotopic (exact) mass is 269 g/mol. The van der Waals surface area contributed by atoms with Crippen LogP contribution in [0.25, 0.3) is 0 Å². The van der Waals surface area contributed by atoms with E-state index < -0.39 is 0 Å². The van der Waals surface area contributed by atoms with E-state index in [0.29, 0.717) is 0 Å². The number of hydrogen-bond acceptors (Lipinski definition) is 0. The molecule has 0 saturated carbocycles. The van der Waals surface area contributed by atoms with Crippen LogP contribution < -0.4 is 0 Å². The SMILES string of the molecule is CCCCCC(C)(Br)[CH]Br. The number of rotatable bonds is 5. The molecule has 0 aromatic rings. The van der Waals surface area contributed by atoms with Gasteiger partial charge in [0.15, 0.2) is 0 Å². The van der Waals surface area contributed by atoms with Gasteiger partial charge in [-0.3, -0.25) is 0 Å². The Morgan fingerprint density at radius 3 is 2.40 bits per heavy atom. The van der Waals surface area contributed by atoms with Gasteiger partial charge in [-0.25, -0.2) is 0 Å². The summed E-state index contributed by atoms with van der Waals surface area (Å²) >= 11 is 6.96. The first kappa shape index (κ1) is 11.0. The molecule has 0 bridgehead atoms. The second-order valence-electron chi connectivity index (χ2n) is 2.84. The fourth-order valence-corrected chi connectivity index (χ4v) is 1.28. The summed E-state index contributed by atoms with van der Waals surface area (Å²) in [4.78, 5) is 0. The van der Waals surface area contributed by atoms with E-state index >= 15 is 0 Å². The lowest BCUT2D eigenvalue weighted by molar-refractivity contribution is 0.609. The van der Waals surface area contributed by atoms with Crippen molar-refractivity contribution >= 4 is 31.9 Å². The maximum absolute atomic E-state index is 3.61. The van der Waals surface area contributed by atoms with Crippen LogP contribution in [-0.2, 0) is 0 Å². The first-order valence-electron chi connectivity index (χ1n) is 3.76. The van der Waals surface area contributed by atoms with Gasteiger partial charge in [-0.2, -0.15) is 0 Å². The molecule has 1 atom stereocenters. The summed E-state index contributed by atoms with van der Waals surface area (Å²) in [5.74, 6) is 0. The predicted molar refractivity (Wildman–Crippen MR) is 54.7 cm³/mol. The highest BCUT2D eigenvalue weighted by Gasteiger charge is 2.17. The third kappa shape index (κ3) is 5.72. The molecule has 2 heteroatoms. The maximum atomic E-state index is 3.61. The van der Waals surface area contributed by atoms with E-state index in [1.165, 1.54) is 25.7 Å². The highest BCUT2D eigenvalue weighted by Crippen LogP contribution is 2.29. The molecule has 0 saturated heterocycles. The van der Waals surface area contributed by atoms with E-state index in [2.05, 4.69) is 45.7 Å². The van der Waals surface area contributed by atoms with Crippen LogP contribution in [0.1, 0.15) is 39.5 Å². The quantitative estimate of drug-likeness (QED) is 0.517. The number of unbranched alkanes of at least 4 members (excludes halogenated alkanes) is 2. The molecule has 0 amide bonds. The minimum absolute atomic E-state index is 0.197. The van der Waals surface area contributed by atoms with Crippen LogP contribution in [0, 0.1) is 5.33 Å². The van der Waals surface area contributed by atoms with Crippen LogP contribution in [0.3, 0.4) is 0 Å². The smallest absolute Gasteiger partial charge is 0.0435 e. The van der Waals surface area contributed by atoms with E-state index in [-0.39, 0.29) is 4.32 Å². The first-order valence-corrected chi connectivity index (χ1v) is 5.47. The molecule has 1 radical (unpaired) electrons. The van der Waals surface area contributed by atoms with Crippen LogP contribution in [0.5, 0.6) is 0 Å². The Kier molecular flexibility index (Phi) is 6.13. The van der Waals surface area contributed by atoms with Crippen molar-refractivity contribution in [1.29, 1.82) is 0 Å². The average Bonchev–Trinajstić information content (AvgIpc) is 1.89. The summed E-state index contributed by atoms with van der Waals surface area (Å²) in [5, 5.41) is 2.04. The molecule has 0 aliphatic heterocycles. The highest BCUT2D eigenvalue weighted by atomic mass is 79.9. The van der Waals surface area contributed by atoms with Crippen molar-refractivity contribution < 1.29 is 0 Å². The maximum Gasteiger partial charge on any atom is 0.0435 e. The largest absolute Gasteiger partial charge is 0.0863 e. The molecule has 0 fully saturated rings. The Morgan fingerprint density at radius 1 is 1.40 bits per heavy atom. The van der Waals surface area contributed by atoms with Crippen LogP contribution in [0.2, 0.25) is 0 Å². The van der Waals surface area contributed by atoms with Crippen LogP contribution in [0.4, 0.5) is 0 Å². The molecule has 61 valence electrons. The molecule has 0 aromatic heterocycles. The van der Waals surface area contributed by atoms with Gasteiger partial charge in [0, 0.05) is 9.65 Å². The lowest BCUT2D eigenvalue weighted by atomic mass is 10.1. The van der Waals surface area contributed by atoms with Gasteiger partial charge in [0.05, 0.1) is 0 Å². The van der Waals surface area contributed by atoms with E-state index in [4.69, 9.17) is 0 Å². The molecule has 1 unspecified atom stereocenters. The molecule has 0 aliphatic rings. The zero-order chi connectivity index (χ0) is 8.04. The topological polar surface area (TPSA) is 0 Å². The molecular weight excluding hydrogens is 256 g/mol. The minimum Gasteiger partial charge on any atom is -0.0863 e. The van der Waals surface area contributed by atoms with Crippen molar-refractivity contribution in [3.63, 3.8) is 0 Å². The standard InChI is InChI=1S/C8H15Br2/c1-3-4-5-6-8(2,10)7-9/h7H,3-6H2,1-2H3. The summed E-state index contributed by atoms with van der Waals surface area (Å²) < 4.78 is 0.197. The molecule has 0 aliphatic carbocycles. The van der Waals surface area contributed by atoms with Crippen molar-refractivity contribution in [2.75, 3.05) is 0 Å². The molecule has 10 heavy (non-hydrogen) atoms. The summed E-state index contributed by atoms with van der Waals surface area (Å²) in [7, 11) is 0. The Bertz CT molecular complexity index is 79.3. The number of hydrogen-bond donors (Lipinski definition) is 0. The van der Waals surface area contributed by atoms with E-state index in [1.807, 2.05) is 5.33 Å². The predicted octanol–water partition coefficient (Wildman–Crippen LogP) is 4.28. The Labute approximate surface area is 81.0 Å². The third-order valence-electron chi connectivity index (χ3n) is 1.50. The Morgan fingerprint density at radius 2 is 2.00 bits per heavy atom. The normalized spacial score (nSPS) is 16.8. The molecule has 0 nitrogen and oxygen atoms in total. The van der Waals surface area contributed by atoms with Crippen molar-refractivity contribution in [3.05, 3.63) is 5.33 Å². The summed E-state index contributed by atoms with van der Waals surface area (Å²) in [5.41, 5.74) is 0. The average molecular weight is 271 g/mol. The van der Waals surface area contributed by atoms with Gasteiger partial charge in [0.25, 0.3) is 0 Å². The summed E-state index contributed by atoms with van der Waals surface area (Å²) in [6.45, 7) is 4.40. The Balaban J connectivity index is 3.28. The van der Waals surface area contributed by atoms with E-state index in [1.54, 1.807) is 0 Å². The van der Waals surface area contributed by atoms with E-state index in [9.17, 15) is 0 Å². The van der Waals surface area contributed by atoms with Crippen molar-refractivity contribution in [2.24, 2.45) is 0 Å². The van der Waals surface area contributed by atoms with Gasteiger partial charge < -0.3 is 0 Å². The van der Waals surface area contributed by atoms with Gasteiger partial charge in [-0.15, -0.1) is 0 Å². The molecule has 0 heterocycles. The van der Waals surface area contributed by atoms with Crippen molar-refractivity contribution in [3.8, 4) is 0 Å². The van der Waals surface area contributed by atoms with Gasteiger partial charge in [-0.1, -0.05) is 58.0 Å². The highest BCUT2D eigenvalue weighted by molar-refractivity contribution is 9.13. The van der Waals surface area contributed by atoms with Gasteiger partial charge in [0.1, 0.15) is 0 Å². The zero-order valence-corrected chi connectivity index (χ0v) is 9.83. The Hall–Kier alpha value is 0.960. The minimum atomic E-state index is 0.197. The molecular formula is C8H15Br2. The number of halogens is 2. The fraction of sp³-hybridized carbons (Fsp3) is 0.875. The van der Waals surface area contributed by atoms with Crippen LogP contribution in [-0.4, -0.2) is 4.32 Å². The molecule has 0 rings (SSSR count). The summed E-state index contributed by atoms with van der Waals surface area (Å²) in [6, 6.07) is 0. The lowest BCUT2D eigenvalue weighted by Crippen LogP contribution is -2.12. The van der Waals surface area contributed by atoms with E-state index in [0.717, 1.165) is 0 Å². The number of alkyl halides is 1. The van der Waals surface area contributed by atoms with Crippen LogP contribution in [0.15, 0.2) is 0 Å². The first-order chi connectivity index (χ1) is 4.62. The van der Waals surface area contributed by atoms with Gasteiger partial charge in [0.2, 0.25) is 0 Å². The molecule has 0 N–H and O–H groups in total. The summed E-state index contributed by atoms with van der Waals surface area (Å²) in [6.07, 6.45) is 5.15. The second-order valence-corrected chi connectivity index (χ2v) is 5.11. The molecule has 0 aromatic carbocycles. The van der Waals surface area contributed by atoms with Crippen molar-refractivity contribution in [2.45, 2.75) is 43.9 Å². The van der Waals surface area contributed by atoms with Crippen molar-refractivity contribution in [1.82, 2.24) is 0 Å². The van der Waals surface area contributed by atoms with Gasteiger partial charge >= 0.3 is 0 Å². The van der Waals surface area contributed by atoms with Gasteiger partial charge in [-0.05, 0) is 13.3 Å².